The summed E-state index contributed by atoms with van der Waals surface area (Å²) in [6.45, 7) is 0. The molecule has 37 heavy (non-hydrogen) atoms. The molecule has 1 aliphatic carbocycles. The molecule has 1 fully saturated rings. The monoisotopic (exact) mass is 491 g/mol. The topological polar surface area (TPSA) is 115 Å². The number of halogens is 1. The smallest absolute Gasteiger partial charge is 0.159 e. The van der Waals surface area contributed by atoms with Gasteiger partial charge in [-0.25, -0.2) is 9.37 Å². The van der Waals surface area contributed by atoms with Crippen LogP contribution in [0.3, 0.4) is 0 Å². The summed E-state index contributed by atoms with van der Waals surface area (Å²) in [5.41, 5.74) is 6.35. The zero-order valence-electron chi connectivity index (χ0n) is 19.6. The Morgan fingerprint density at radius 1 is 0.973 bits per heavy atom. The van der Waals surface area contributed by atoms with E-state index in [0.29, 0.717) is 34.1 Å². The third-order valence-corrected chi connectivity index (χ3v) is 6.77. The largest absolute Gasteiger partial charge is 0.374 e. The molecule has 1 atom stereocenters. The molecule has 9 heteroatoms. The van der Waals surface area contributed by atoms with Crippen molar-refractivity contribution in [1.29, 1.82) is 0 Å². The third kappa shape index (κ3) is 3.89. The molecule has 0 spiro atoms. The van der Waals surface area contributed by atoms with Crippen LogP contribution in [-0.2, 0) is 0 Å². The van der Waals surface area contributed by atoms with Crippen molar-refractivity contribution in [2.75, 3.05) is 5.32 Å². The van der Waals surface area contributed by atoms with Crippen LogP contribution in [0.15, 0.2) is 73.2 Å². The van der Waals surface area contributed by atoms with E-state index < -0.39 is 6.23 Å². The predicted octanol–water partition coefficient (Wildman–Crippen LogP) is 5.51. The van der Waals surface area contributed by atoms with Crippen molar-refractivity contribution in [3.8, 4) is 33.9 Å². The van der Waals surface area contributed by atoms with E-state index in [1.807, 2.05) is 36.4 Å². The fourth-order valence-electron chi connectivity index (χ4n) is 4.66. The first-order valence-electron chi connectivity index (χ1n) is 12.1. The molecular formula is C28H22FN7O. The highest BCUT2D eigenvalue weighted by Crippen LogP contribution is 2.35. The molecule has 4 aromatic heterocycles. The molecule has 0 saturated heterocycles. The van der Waals surface area contributed by atoms with Crippen molar-refractivity contribution in [2.24, 2.45) is 5.92 Å². The molecule has 6 aromatic rings. The van der Waals surface area contributed by atoms with Gasteiger partial charge in [-0.1, -0.05) is 30.3 Å². The van der Waals surface area contributed by atoms with Gasteiger partial charge in [0.05, 0.1) is 40.3 Å². The third-order valence-electron chi connectivity index (χ3n) is 6.77. The van der Waals surface area contributed by atoms with Crippen LogP contribution >= 0.6 is 0 Å². The summed E-state index contributed by atoms with van der Waals surface area (Å²) >= 11 is 0. The van der Waals surface area contributed by atoms with E-state index in [1.54, 1.807) is 30.7 Å². The molecule has 0 bridgehead atoms. The highest BCUT2D eigenvalue weighted by atomic mass is 19.1. The van der Waals surface area contributed by atoms with E-state index in [9.17, 15) is 9.50 Å². The van der Waals surface area contributed by atoms with E-state index in [4.69, 9.17) is 4.98 Å². The van der Waals surface area contributed by atoms with Gasteiger partial charge in [-0.2, -0.15) is 5.10 Å². The number of aliphatic hydroxyl groups excluding tert-OH is 1. The first-order valence-corrected chi connectivity index (χ1v) is 12.1. The number of hydrogen-bond acceptors (Lipinski definition) is 6. The number of nitrogens with one attached hydrogen (secondary N) is 3. The average molecular weight is 492 g/mol. The lowest BCUT2D eigenvalue weighted by Gasteiger charge is -2.13. The molecule has 0 amide bonds. The molecule has 182 valence electrons. The van der Waals surface area contributed by atoms with Gasteiger partial charge in [-0.15, -0.1) is 0 Å². The lowest BCUT2D eigenvalue weighted by atomic mass is 10.0. The molecule has 8 nitrogen and oxygen atoms in total. The van der Waals surface area contributed by atoms with Crippen molar-refractivity contribution >= 4 is 27.6 Å². The summed E-state index contributed by atoms with van der Waals surface area (Å²) in [4.78, 5) is 17.1. The number of fused-ring (bicyclic) bond motifs is 2. The molecule has 0 radical (unpaired) electrons. The number of pyridine rings is 2. The summed E-state index contributed by atoms with van der Waals surface area (Å²) in [5.74, 6) is 0.577. The lowest BCUT2D eigenvalue weighted by Crippen LogP contribution is -2.20. The summed E-state index contributed by atoms with van der Waals surface area (Å²) in [5, 5.41) is 21.7. The van der Waals surface area contributed by atoms with Crippen LogP contribution in [0.5, 0.6) is 0 Å². The second-order valence-corrected chi connectivity index (χ2v) is 9.34. The minimum Gasteiger partial charge on any atom is -0.374 e. The summed E-state index contributed by atoms with van der Waals surface area (Å²) in [6.07, 6.45) is 6.66. The molecule has 0 aliphatic heterocycles. The Bertz CT molecular complexity index is 1770. The van der Waals surface area contributed by atoms with E-state index in [2.05, 4.69) is 30.5 Å². The maximum Gasteiger partial charge on any atom is 0.159 e. The van der Waals surface area contributed by atoms with Gasteiger partial charge in [0.15, 0.2) is 5.82 Å². The van der Waals surface area contributed by atoms with Crippen LogP contribution in [0.2, 0.25) is 0 Å². The van der Waals surface area contributed by atoms with Crippen molar-refractivity contribution < 1.29 is 9.50 Å². The molecule has 4 heterocycles. The fraction of sp³-hybridized carbons (Fsp3) is 0.143. The van der Waals surface area contributed by atoms with Gasteiger partial charge < -0.3 is 15.4 Å². The van der Waals surface area contributed by atoms with E-state index in [1.165, 1.54) is 6.07 Å². The number of anilines is 1. The number of aliphatic hydroxyl groups is 1. The van der Waals surface area contributed by atoms with E-state index in [-0.39, 0.29) is 5.82 Å². The minimum absolute atomic E-state index is 0.296. The lowest BCUT2D eigenvalue weighted by molar-refractivity contribution is 0.180. The first-order chi connectivity index (χ1) is 18.1. The van der Waals surface area contributed by atoms with E-state index in [0.717, 1.165) is 46.2 Å². The highest BCUT2D eigenvalue weighted by molar-refractivity contribution is 5.97. The van der Waals surface area contributed by atoms with Gasteiger partial charge in [-0.3, -0.25) is 15.1 Å². The molecule has 7 rings (SSSR count). The van der Waals surface area contributed by atoms with Gasteiger partial charge in [0, 0.05) is 34.2 Å². The second-order valence-electron chi connectivity index (χ2n) is 9.34. The van der Waals surface area contributed by atoms with Crippen molar-refractivity contribution in [1.82, 2.24) is 30.1 Å². The van der Waals surface area contributed by atoms with Crippen molar-refractivity contribution in [3.63, 3.8) is 0 Å². The number of para-hydroxylation sites is 1. The first kappa shape index (κ1) is 21.6. The normalized spacial score (nSPS) is 14.3. The standard InChI is InChI=1S/C28H22FN7O/c29-21-6-2-1-4-18(21)19-5-3-7-22-25(19)34-27(33-22)26-20-11-23(31-14-24(20)35-36-26)16-10-17(13-30-12-16)32-28(37)15-8-9-15/h1-7,10-15,28,32,37H,8-9H2,(H,33,34)(H,35,36). The molecule has 1 saturated carbocycles. The fourth-order valence-corrected chi connectivity index (χ4v) is 4.66. The number of hydrogen-bond donors (Lipinski definition) is 4. The molecule has 4 N–H and O–H groups in total. The van der Waals surface area contributed by atoms with Gasteiger partial charge in [0.1, 0.15) is 17.7 Å². The SMILES string of the molecule is OC(Nc1cncc(-c2cc3c(-c4nc5c(-c6ccccc6F)cccc5[nH]4)n[nH]c3cn2)c1)C1CC1. The Balaban J connectivity index is 1.29. The Morgan fingerprint density at radius 2 is 1.84 bits per heavy atom. The zero-order chi connectivity index (χ0) is 24.9. The number of aromatic nitrogens is 6. The number of imidazole rings is 1. The molecule has 2 aromatic carbocycles. The predicted molar refractivity (Wildman–Crippen MR) is 140 cm³/mol. The number of H-pyrrole nitrogens is 2. The maximum atomic E-state index is 14.6. The summed E-state index contributed by atoms with van der Waals surface area (Å²) < 4.78 is 14.6. The van der Waals surface area contributed by atoms with Crippen LogP contribution < -0.4 is 5.32 Å². The molecular weight excluding hydrogens is 469 g/mol. The Morgan fingerprint density at radius 3 is 2.70 bits per heavy atom. The maximum absolute atomic E-state index is 14.6. The highest BCUT2D eigenvalue weighted by Gasteiger charge is 2.29. The quantitative estimate of drug-likeness (QED) is 0.228. The average Bonchev–Trinajstić information content (AvgIpc) is 3.55. The van der Waals surface area contributed by atoms with Crippen molar-refractivity contribution in [3.05, 3.63) is 79.0 Å². The van der Waals surface area contributed by atoms with Crippen LogP contribution in [0.25, 0.3) is 55.8 Å². The number of benzene rings is 2. The minimum atomic E-state index is -0.574. The summed E-state index contributed by atoms with van der Waals surface area (Å²) in [6, 6.07) is 16.2. The van der Waals surface area contributed by atoms with Gasteiger partial charge in [-0.05, 0) is 37.1 Å². The van der Waals surface area contributed by atoms with Crippen LogP contribution in [0, 0.1) is 11.7 Å². The van der Waals surface area contributed by atoms with Crippen LogP contribution in [0.4, 0.5) is 10.1 Å². The van der Waals surface area contributed by atoms with E-state index >= 15 is 0 Å². The second kappa shape index (κ2) is 8.49. The number of nitrogens with zero attached hydrogens (tertiary/aromatic N) is 4. The Labute approximate surface area is 210 Å². The van der Waals surface area contributed by atoms with Crippen molar-refractivity contribution in [2.45, 2.75) is 19.1 Å². The number of rotatable bonds is 6. The van der Waals surface area contributed by atoms with Gasteiger partial charge >= 0.3 is 0 Å². The Hall–Kier alpha value is -4.63. The van der Waals surface area contributed by atoms with Gasteiger partial charge in [0.2, 0.25) is 0 Å². The summed E-state index contributed by atoms with van der Waals surface area (Å²) in [7, 11) is 0. The van der Waals surface area contributed by atoms with Gasteiger partial charge in [0.25, 0.3) is 0 Å². The Kier molecular flexibility index (Phi) is 4.97. The molecule has 1 aliphatic rings. The zero-order valence-corrected chi connectivity index (χ0v) is 19.6. The van der Waals surface area contributed by atoms with Crippen LogP contribution in [-0.4, -0.2) is 41.5 Å². The molecule has 1 unspecified atom stereocenters. The van der Waals surface area contributed by atoms with Crippen LogP contribution in [0.1, 0.15) is 12.8 Å². The number of aromatic amines is 2.